The molecule has 6 nitrogen and oxygen atoms in total. The zero-order valence-electron chi connectivity index (χ0n) is 13.4. The van der Waals surface area contributed by atoms with Gasteiger partial charge in [-0.2, -0.15) is 4.98 Å². The maximum absolute atomic E-state index is 5.67. The molecule has 0 atom stereocenters. The Morgan fingerprint density at radius 3 is 2.57 bits per heavy atom. The number of anilines is 2. The molecule has 0 radical (unpaired) electrons. The van der Waals surface area contributed by atoms with E-state index in [1.807, 2.05) is 30.3 Å². The molecule has 1 N–H and O–H groups in total. The normalized spacial score (nSPS) is 13.9. The molecule has 0 unspecified atom stereocenters. The lowest BCUT2D eigenvalue weighted by Gasteiger charge is -2.16. The van der Waals surface area contributed by atoms with E-state index in [2.05, 4.69) is 20.2 Å². The molecule has 0 spiro atoms. The minimum absolute atomic E-state index is 0.545. The SMILES string of the molecule is COc1ccc(OCCNc2nccc(N3CCCC3)n2)cc1. The average Bonchev–Trinajstić information content (AvgIpc) is 3.14. The van der Waals surface area contributed by atoms with Crippen LogP contribution in [0.15, 0.2) is 36.5 Å². The monoisotopic (exact) mass is 314 g/mol. The number of hydrogen-bond acceptors (Lipinski definition) is 6. The van der Waals surface area contributed by atoms with Gasteiger partial charge in [-0.05, 0) is 43.2 Å². The Bertz CT molecular complexity index is 612. The molecule has 0 bridgehead atoms. The van der Waals surface area contributed by atoms with Crippen LogP contribution in [-0.2, 0) is 0 Å². The Labute approximate surface area is 136 Å². The summed E-state index contributed by atoms with van der Waals surface area (Å²) in [7, 11) is 1.65. The van der Waals surface area contributed by atoms with Crippen molar-refractivity contribution in [2.45, 2.75) is 12.8 Å². The topological polar surface area (TPSA) is 59.5 Å². The summed E-state index contributed by atoms with van der Waals surface area (Å²) >= 11 is 0. The fraction of sp³-hybridized carbons (Fsp3) is 0.412. The molecule has 1 aromatic heterocycles. The van der Waals surface area contributed by atoms with Gasteiger partial charge in [0.05, 0.1) is 13.7 Å². The Hall–Kier alpha value is -2.50. The molecule has 6 heteroatoms. The van der Waals surface area contributed by atoms with Crippen LogP contribution in [0.4, 0.5) is 11.8 Å². The lowest BCUT2D eigenvalue weighted by Crippen LogP contribution is -2.20. The van der Waals surface area contributed by atoms with E-state index in [1.165, 1.54) is 12.8 Å². The number of nitrogens with zero attached hydrogens (tertiary/aromatic N) is 3. The maximum Gasteiger partial charge on any atom is 0.224 e. The Morgan fingerprint density at radius 2 is 1.83 bits per heavy atom. The molecule has 1 fully saturated rings. The van der Waals surface area contributed by atoms with Gasteiger partial charge in [-0.15, -0.1) is 0 Å². The fourth-order valence-corrected chi connectivity index (χ4v) is 2.56. The summed E-state index contributed by atoms with van der Waals surface area (Å²) in [6.45, 7) is 3.35. The van der Waals surface area contributed by atoms with Gasteiger partial charge in [0.15, 0.2) is 0 Å². The lowest BCUT2D eigenvalue weighted by atomic mass is 10.3. The maximum atomic E-state index is 5.67. The van der Waals surface area contributed by atoms with Crippen molar-refractivity contribution < 1.29 is 9.47 Å². The standard InChI is InChI=1S/C17H22N4O2/c1-22-14-4-6-15(7-5-14)23-13-10-19-17-18-9-8-16(20-17)21-11-2-3-12-21/h4-9H,2-3,10-13H2,1H3,(H,18,19,20). The molecule has 1 saturated heterocycles. The van der Waals surface area contributed by atoms with Crippen LogP contribution in [0.25, 0.3) is 0 Å². The second-order valence-electron chi connectivity index (χ2n) is 5.38. The van der Waals surface area contributed by atoms with Gasteiger partial charge in [-0.25, -0.2) is 4.98 Å². The highest BCUT2D eigenvalue weighted by Gasteiger charge is 2.13. The zero-order valence-corrected chi connectivity index (χ0v) is 13.4. The second kappa shape index (κ2) is 7.67. The van der Waals surface area contributed by atoms with Crippen molar-refractivity contribution in [1.82, 2.24) is 9.97 Å². The molecule has 1 aliphatic heterocycles. The summed E-state index contributed by atoms with van der Waals surface area (Å²) in [5, 5.41) is 3.20. The van der Waals surface area contributed by atoms with Crippen LogP contribution in [0.5, 0.6) is 11.5 Å². The van der Waals surface area contributed by atoms with Crippen molar-refractivity contribution in [3.8, 4) is 11.5 Å². The van der Waals surface area contributed by atoms with E-state index in [0.717, 1.165) is 30.4 Å². The molecular weight excluding hydrogens is 292 g/mol. The minimum Gasteiger partial charge on any atom is -0.497 e. The molecule has 2 aromatic rings. The van der Waals surface area contributed by atoms with E-state index in [0.29, 0.717) is 19.1 Å². The first-order valence-corrected chi connectivity index (χ1v) is 7.94. The van der Waals surface area contributed by atoms with Crippen molar-refractivity contribution in [2.75, 3.05) is 43.6 Å². The third kappa shape index (κ3) is 4.25. The highest BCUT2D eigenvalue weighted by molar-refractivity contribution is 5.43. The third-order valence-electron chi connectivity index (χ3n) is 3.78. The number of rotatable bonds is 7. The van der Waals surface area contributed by atoms with E-state index in [-0.39, 0.29) is 0 Å². The number of ether oxygens (including phenoxy) is 2. The highest BCUT2D eigenvalue weighted by atomic mass is 16.5. The Morgan fingerprint density at radius 1 is 1.09 bits per heavy atom. The quantitative estimate of drug-likeness (QED) is 0.793. The van der Waals surface area contributed by atoms with Crippen LogP contribution in [0.1, 0.15) is 12.8 Å². The smallest absolute Gasteiger partial charge is 0.224 e. The van der Waals surface area contributed by atoms with Gasteiger partial charge in [0.25, 0.3) is 0 Å². The van der Waals surface area contributed by atoms with Crippen LogP contribution in [0.2, 0.25) is 0 Å². The van der Waals surface area contributed by atoms with Gasteiger partial charge >= 0.3 is 0 Å². The molecular formula is C17H22N4O2. The van der Waals surface area contributed by atoms with E-state index < -0.39 is 0 Å². The first kappa shape index (κ1) is 15.4. The van der Waals surface area contributed by atoms with Crippen LogP contribution < -0.4 is 19.7 Å². The van der Waals surface area contributed by atoms with Crippen LogP contribution in [-0.4, -0.2) is 43.3 Å². The first-order chi connectivity index (χ1) is 11.3. The van der Waals surface area contributed by atoms with Gasteiger partial charge in [0, 0.05) is 19.3 Å². The number of nitrogens with one attached hydrogen (secondary N) is 1. The van der Waals surface area contributed by atoms with Crippen LogP contribution >= 0.6 is 0 Å². The highest BCUT2D eigenvalue weighted by Crippen LogP contribution is 2.18. The van der Waals surface area contributed by atoms with E-state index in [9.17, 15) is 0 Å². The van der Waals surface area contributed by atoms with Crippen molar-refractivity contribution >= 4 is 11.8 Å². The Kier molecular flexibility index (Phi) is 5.13. The van der Waals surface area contributed by atoms with Crippen molar-refractivity contribution in [1.29, 1.82) is 0 Å². The van der Waals surface area contributed by atoms with E-state index in [1.54, 1.807) is 13.3 Å². The zero-order chi connectivity index (χ0) is 15.9. The summed E-state index contributed by atoms with van der Waals surface area (Å²) in [6, 6.07) is 9.51. The number of methoxy groups -OCH3 is 1. The first-order valence-electron chi connectivity index (χ1n) is 7.94. The molecule has 0 amide bonds. The predicted octanol–water partition coefficient (Wildman–Crippen LogP) is 2.58. The summed E-state index contributed by atoms with van der Waals surface area (Å²) < 4.78 is 10.8. The molecule has 0 aliphatic carbocycles. The third-order valence-corrected chi connectivity index (χ3v) is 3.78. The summed E-state index contributed by atoms with van der Waals surface area (Å²) in [5.41, 5.74) is 0. The van der Waals surface area contributed by atoms with Crippen molar-refractivity contribution in [3.63, 3.8) is 0 Å². The average molecular weight is 314 g/mol. The molecule has 122 valence electrons. The Balaban J connectivity index is 1.45. The molecule has 2 heterocycles. The van der Waals surface area contributed by atoms with Gasteiger partial charge in [0.1, 0.15) is 23.9 Å². The van der Waals surface area contributed by atoms with Crippen LogP contribution in [0.3, 0.4) is 0 Å². The molecule has 1 aliphatic rings. The summed E-state index contributed by atoms with van der Waals surface area (Å²) in [4.78, 5) is 11.1. The van der Waals surface area contributed by atoms with Crippen molar-refractivity contribution in [3.05, 3.63) is 36.5 Å². The van der Waals surface area contributed by atoms with E-state index in [4.69, 9.17) is 9.47 Å². The van der Waals surface area contributed by atoms with Crippen LogP contribution in [0, 0.1) is 0 Å². The largest absolute Gasteiger partial charge is 0.497 e. The summed E-state index contributed by atoms with van der Waals surface area (Å²) in [5.74, 6) is 3.28. The molecule has 1 aromatic carbocycles. The fourth-order valence-electron chi connectivity index (χ4n) is 2.56. The van der Waals surface area contributed by atoms with Crippen molar-refractivity contribution in [2.24, 2.45) is 0 Å². The van der Waals surface area contributed by atoms with E-state index >= 15 is 0 Å². The molecule has 3 rings (SSSR count). The number of aromatic nitrogens is 2. The lowest BCUT2D eigenvalue weighted by molar-refractivity contribution is 0.331. The summed E-state index contributed by atoms with van der Waals surface area (Å²) in [6.07, 6.45) is 4.28. The van der Waals surface area contributed by atoms with Gasteiger partial charge in [-0.3, -0.25) is 0 Å². The van der Waals surface area contributed by atoms with Gasteiger partial charge in [0.2, 0.25) is 5.95 Å². The minimum atomic E-state index is 0.545. The van der Waals surface area contributed by atoms with Gasteiger partial charge < -0.3 is 19.7 Å². The molecule has 23 heavy (non-hydrogen) atoms. The molecule has 0 saturated carbocycles. The second-order valence-corrected chi connectivity index (χ2v) is 5.38. The number of benzene rings is 1. The number of hydrogen-bond donors (Lipinski definition) is 1. The predicted molar refractivity (Wildman–Crippen MR) is 90.5 cm³/mol. The van der Waals surface area contributed by atoms with Gasteiger partial charge in [-0.1, -0.05) is 0 Å².